The number of carbonyl (C=O) groups is 1. The highest BCUT2D eigenvalue weighted by Crippen LogP contribution is 2.28. The van der Waals surface area contributed by atoms with E-state index < -0.39 is 6.04 Å². The van der Waals surface area contributed by atoms with Gasteiger partial charge in [-0.15, -0.1) is 11.8 Å². The molecule has 0 aromatic carbocycles. The van der Waals surface area contributed by atoms with Gasteiger partial charge < -0.3 is 9.47 Å². The Morgan fingerprint density at radius 2 is 2.44 bits per heavy atom. The largest absolute Gasteiger partial charge is 0.480 e. The molecule has 1 unspecified atom stereocenters. The molecule has 0 fully saturated rings. The van der Waals surface area contributed by atoms with Gasteiger partial charge in [-0.3, -0.25) is 4.99 Å². The SMILES string of the molecule is CCOC(=O)C1CSC(c2cccnc2OC)=N1. The summed E-state index contributed by atoms with van der Waals surface area (Å²) in [4.78, 5) is 20.1. The van der Waals surface area contributed by atoms with Gasteiger partial charge >= 0.3 is 5.97 Å². The van der Waals surface area contributed by atoms with Gasteiger partial charge in [0.05, 0.1) is 19.3 Å². The average molecular weight is 266 g/mol. The van der Waals surface area contributed by atoms with E-state index in [-0.39, 0.29) is 5.97 Å². The van der Waals surface area contributed by atoms with E-state index >= 15 is 0 Å². The minimum absolute atomic E-state index is 0.275. The first-order valence-corrected chi connectivity index (χ1v) is 6.61. The van der Waals surface area contributed by atoms with Crippen molar-refractivity contribution in [3.05, 3.63) is 23.9 Å². The zero-order chi connectivity index (χ0) is 13.0. The molecule has 1 atom stereocenters. The minimum atomic E-state index is -0.421. The van der Waals surface area contributed by atoms with Gasteiger partial charge in [-0.2, -0.15) is 0 Å². The van der Waals surface area contributed by atoms with E-state index in [1.807, 2.05) is 12.1 Å². The summed E-state index contributed by atoms with van der Waals surface area (Å²) in [5.41, 5.74) is 0.816. The molecule has 2 heterocycles. The summed E-state index contributed by atoms with van der Waals surface area (Å²) in [7, 11) is 1.56. The van der Waals surface area contributed by atoms with Crippen molar-refractivity contribution in [3.63, 3.8) is 0 Å². The van der Waals surface area contributed by atoms with Gasteiger partial charge in [0.15, 0.2) is 6.04 Å². The Morgan fingerprint density at radius 1 is 1.61 bits per heavy atom. The van der Waals surface area contributed by atoms with Crippen LogP contribution in [0.5, 0.6) is 5.88 Å². The number of methoxy groups -OCH3 is 1. The summed E-state index contributed by atoms with van der Waals surface area (Å²) < 4.78 is 10.1. The second-order valence-corrected chi connectivity index (χ2v) is 4.58. The highest BCUT2D eigenvalue weighted by Gasteiger charge is 2.28. The van der Waals surface area contributed by atoms with Crippen molar-refractivity contribution >= 4 is 22.8 Å². The predicted octanol–water partition coefficient (Wildman–Crippen LogP) is 1.52. The van der Waals surface area contributed by atoms with Crippen molar-refractivity contribution in [2.45, 2.75) is 13.0 Å². The van der Waals surface area contributed by atoms with Crippen LogP contribution in [-0.4, -0.2) is 41.5 Å². The normalized spacial score (nSPS) is 18.3. The molecule has 0 saturated carbocycles. The lowest BCUT2D eigenvalue weighted by molar-refractivity contribution is -0.143. The molecular formula is C12H14N2O3S. The Hall–Kier alpha value is -1.56. The monoisotopic (exact) mass is 266 g/mol. The lowest BCUT2D eigenvalue weighted by Crippen LogP contribution is -2.21. The Kier molecular flexibility index (Phi) is 4.19. The smallest absolute Gasteiger partial charge is 0.331 e. The Labute approximate surface area is 110 Å². The van der Waals surface area contributed by atoms with E-state index in [9.17, 15) is 4.79 Å². The van der Waals surface area contributed by atoms with Gasteiger partial charge in [0.2, 0.25) is 5.88 Å². The van der Waals surface area contributed by atoms with Crippen LogP contribution in [0, 0.1) is 0 Å². The lowest BCUT2D eigenvalue weighted by Gasteiger charge is -2.05. The Balaban J connectivity index is 2.20. The number of hydrogen-bond donors (Lipinski definition) is 0. The molecule has 1 aromatic heterocycles. The summed E-state index contributed by atoms with van der Waals surface area (Å²) in [5, 5.41) is 0.776. The maximum Gasteiger partial charge on any atom is 0.331 e. The summed E-state index contributed by atoms with van der Waals surface area (Å²) in [6.07, 6.45) is 1.66. The molecule has 2 rings (SSSR count). The first kappa shape index (κ1) is 12.9. The van der Waals surface area contributed by atoms with Gasteiger partial charge in [-0.05, 0) is 19.1 Å². The van der Waals surface area contributed by atoms with Crippen molar-refractivity contribution in [2.75, 3.05) is 19.5 Å². The van der Waals surface area contributed by atoms with Crippen LogP contribution in [0.25, 0.3) is 0 Å². The van der Waals surface area contributed by atoms with Gasteiger partial charge in [-0.1, -0.05) is 0 Å². The van der Waals surface area contributed by atoms with Crippen LogP contribution >= 0.6 is 11.8 Å². The number of thioether (sulfide) groups is 1. The maximum absolute atomic E-state index is 11.6. The van der Waals surface area contributed by atoms with Gasteiger partial charge in [0.25, 0.3) is 0 Å². The van der Waals surface area contributed by atoms with Crippen LogP contribution in [0.15, 0.2) is 23.3 Å². The maximum atomic E-state index is 11.6. The summed E-state index contributed by atoms with van der Waals surface area (Å²) in [5.74, 6) is 0.850. The van der Waals surface area contributed by atoms with Gasteiger partial charge in [-0.25, -0.2) is 9.78 Å². The number of ether oxygens (including phenoxy) is 2. The number of hydrogen-bond acceptors (Lipinski definition) is 6. The van der Waals surface area contributed by atoms with Crippen molar-refractivity contribution in [3.8, 4) is 5.88 Å². The minimum Gasteiger partial charge on any atom is -0.480 e. The fourth-order valence-corrected chi connectivity index (χ4v) is 2.64. The third-order valence-electron chi connectivity index (χ3n) is 2.40. The Bertz CT molecular complexity index is 476. The van der Waals surface area contributed by atoms with E-state index in [1.165, 1.54) is 11.8 Å². The van der Waals surface area contributed by atoms with E-state index in [0.29, 0.717) is 18.2 Å². The van der Waals surface area contributed by atoms with E-state index in [2.05, 4.69) is 9.98 Å². The van der Waals surface area contributed by atoms with E-state index in [0.717, 1.165) is 10.6 Å². The van der Waals surface area contributed by atoms with Crippen molar-refractivity contribution in [1.29, 1.82) is 0 Å². The second kappa shape index (κ2) is 5.86. The summed E-state index contributed by atoms with van der Waals surface area (Å²) in [6, 6.07) is 3.28. The predicted molar refractivity (Wildman–Crippen MR) is 70.2 cm³/mol. The van der Waals surface area contributed by atoms with Crippen LogP contribution < -0.4 is 4.74 Å². The molecular weight excluding hydrogens is 252 g/mol. The molecule has 18 heavy (non-hydrogen) atoms. The quantitative estimate of drug-likeness (QED) is 0.773. The zero-order valence-electron chi connectivity index (χ0n) is 10.3. The third kappa shape index (κ3) is 2.64. The molecule has 0 aliphatic carbocycles. The average Bonchev–Trinajstić information content (AvgIpc) is 2.88. The zero-order valence-corrected chi connectivity index (χ0v) is 11.1. The third-order valence-corrected chi connectivity index (χ3v) is 3.49. The van der Waals surface area contributed by atoms with Crippen LogP contribution in [0.4, 0.5) is 0 Å². The molecule has 5 nitrogen and oxygen atoms in total. The van der Waals surface area contributed by atoms with Crippen molar-refractivity contribution < 1.29 is 14.3 Å². The Morgan fingerprint density at radius 3 is 3.17 bits per heavy atom. The lowest BCUT2D eigenvalue weighted by atomic mass is 10.3. The highest BCUT2D eigenvalue weighted by atomic mass is 32.2. The number of aliphatic imine (C=N–C) groups is 1. The first-order chi connectivity index (χ1) is 8.76. The fraction of sp³-hybridized carbons (Fsp3) is 0.417. The molecule has 0 spiro atoms. The number of nitrogens with zero attached hydrogens (tertiary/aromatic N) is 2. The van der Waals surface area contributed by atoms with Crippen LogP contribution in [-0.2, 0) is 9.53 Å². The summed E-state index contributed by atoms with van der Waals surface area (Å²) >= 11 is 1.52. The van der Waals surface area contributed by atoms with E-state index in [1.54, 1.807) is 20.2 Å². The first-order valence-electron chi connectivity index (χ1n) is 5.63. The van der Waals surface area contributed by atoms with Crippen LogP contribution in [0.2, 0.25) is 0 Å². The molecule has 1 aliphatic rings. The van der Waals surface area contributed by atoms with Gasteiger partial charge in [0, 0.05) is 11.9 Å². The van der Waals surface area contributed by atoms with Crippen LogP contribution in [0.1, 0.15) is 12.5 Å². The molecule has 1 aromatic rings. The number of pyridine rings is 1. The van der Waals surface area contributed by atoms with E-state index in [4.69, 9.17) is 9.47 Å². The molecule has 1 aliphatic heterocycles. The number of carbonyl (C=O) groups excluding carboxylic acids is 1. The fourth-order valence-electron chi connectivity index (χ4n) is 1.60. The molecule has 6 heteroatoms. The number of esters is 1. The molecule has 96 valence electrons. The molecule has 0 amide bonds. The van der Waals surface area contributed by atoms with Crippen molar-refractivity contribution in [2.24, 2.45) is 4.99 Å². The molecule has 0 N–H and O–H groups in total. The molecule has 0 bridgehead atoms. The number of rotatable bonds is 4. The summed E-state index contributed by atoms with van der Waals surface area (Å²) in [6.45, 7) is 2.16. The number of aromatic nitrogens is 1. The molecule has 0 saturated heterocycles. The molecule has 0 radical (unpaired) electrons. The topological polar surface area (TPSA) is 60.8 Å². The van der Waals surface area contributed by atoms with Gasteiger partial charge in [0.1, 0.15) is 5.04 Å². The standard InChI is InChI=1S/C12H14N2O3S/c1-3-17-12(15)9-7-18-11(14-9)8-5-4-6-13-10(8)16-2/h4-6,9H,3,7H2,1-2H3. The van der Waals surface area contributed by atoms with Crippen LogP contribution in [0.3, 0.4) is 0 Å². The highest BCUT2D eigenvalue weighted by molar-refractivity contribution is 8.14. The van der Waals surface area contributed by atoms with Crippen molar-refractivity contribution in [1.82, 2.24) is 4.98 Å². The second-order valence-electron chi connectivity index (χ2n) is 3.57.